The van der Waals surface area contributed by atoms with Crippen molar-refractivity contribution >= 4 is 35.7 Å². The molecule has 0 aliphatic heterocycles. The van der Waals surface area contributed by atoms with Gasteiger partial charge in [0.05, 0.1) is 13.2 Å². The number of carbonyl (C=O) groups is 2. The third-order valence-electron chi connectivity index (χ3n) is 13.0. The zero-order valence-electron chi connectivity index (χ0n) is 43.4. The summed E-state index contributed by atoms with van der Waals surface area (Å²) in [4.78, 5) is 20.8. The molecule has 8 aromatic rings. The van der Waals surface area contributed by atoms with Gasteiger partial charge in [0.1, 0.15) is 32.2 Å². The molecular formula is C64H68NO10P. The molecule has 0 aliphatic rings. The van der Waals surface area contributed by atoms with Gasteiger partial charge in [-0.15, -0.1) is 0 Å². The number of benzene rings is 8. The summed E-state index contributed by atoms with van der Waals surface area (Å²) in [5.74, 6) is 3.01. The van der Waals surface area contributed by atoms with E-state index in [-0.39, 0.29) is 0 Å². The molecule has 8 aromatic carbocycles. The first-order valence-corrected chi connectivity index (χ1v) is 27.9. The summed E-state index contributed by atoms with van der Waals surface area (Å²) in [6.45, 7) is 1.03. The van der Waals surface area contributed by atoms with E-state index in [9.17, 15) is 4.79 Å². The van der Waals surface area contributed by atoms with Gasteiger partial charge in [-0.1, -0.05) is 91.0 Å². The molecule has 0 aromatic heterocycles. The fourth-order valence-electron chi connectivity index (χ4n) is 9.19. The summed E-state index contributed by atoms with van der Waals surface area (Å²) in [6, 6.07) is 73.1. The van der Waals surface area contributed by atoms with Crippen molar-refractivity contribution < 1.29 is 52.1 Å². The van der Waals surface area contributed by atoms with Crippen LogP contribution in [0.25, 0.3) is 0 Å². The molecule has 76 heavy (non-hydrogen) atoms. The molecule has 0 saturated heterocycles. The zero-order chi connectivity index (χ0) is 53.2. The first kappa shape index (κ1) is 55.8. The molecule has 0 atom stereocenters. The fraction of sp³-hybridized carbons (Fsp3) is 0.219. The van der Waals surface area contributed by atoms with Crippen molar-refractivity contribution in [2.45, 2.75) is 39.2 Å². The first-order valence-electron chi connectivity index (χ1n) is 25.5. The Labute approximate surface area is 447 Å². The van der Waals surface area contributed by atoms with E-state index >= 15 is 0 Å². The third-order valence-corrected chi connectivity index (χ3v) is 18.9. The standard InChI is InChI=1S/C63H67NO8P.CH2O2/c1-64(2,47-52-35-37-56(38-36-52)67-40-21-22-44-73(72-51-65,58-29-15-6-16-30-58,59-31-17-7-18-32-59)60-33-19-8-20-34-60)39-41-66-42-43-68-57-45-61(69-48-53-23-9-3-10-24-53)63(71-50-55-27-13-5-14-28-55)62(46-57)70-49-54-25-11-4-12-26-54;2-1-3/h3-20,23-38,45-46,51H,21-22,39-44,47-50H2,1-2H3;1H,(H,2,3)/q+1;/p-1. The number of hydrogen-bond donors (Lipinski definition) is 0. The van der Waals surface area contributed by atoms with E-state index in [0.717, 1.165) is 68.8 Å². The minimum absolute atomic E-state index is 0.345. The van der Waals surface area contributed by atoms with Gasteiger partial charge in [-0.3, -0.25) is 0 Å². The van der Waals surface area contributed by atoms with Crippen LogP contribution in [0.3, 0.4) is 0 Å². The maximum atomic E-state index is 12.6. The maximum Gasteiger partial charge on any atom is 0.0275 e. The first-order chi connectivity index (χ1) is 37.2. The van der Waals surface area contributed by atoms with E-state index in [1.54, 1.807) is 0 Å². The van der Waals surface area contributed by atoms with Crippen LogP contribution in [0.5, 0.6) is 28.7 Å². The van der Waals surface area contributed by atoms with Gasteiger partial charge in [-0.05, 0) is 16.7 Å². The quantitative estimate of drug-likeness (QED) is 0.0194. The van der Waals surface area contributed by atoms with Crippen LogP contribution in [0.4, 0.5) is 0 Å². The number of likely N-dealkylation sites (N-methyl/N-ethyl adjacent to an activating group) is 1. The number of carboxylic acid groups (broad SMARTS) is 1. The summed E-state index contributed by atoms with van der Waals surface area (Å²) in [7, 11) is 4.43. The smallest absolute Gasteiger partial charge is 0.0275 e. The second kappa shape index (κ2) is 28.6. The predicted octanol–water partition coefficient (Wildman–Crippen LogP) is 10.2. The van der Waals surface area contributed by atoms with Crippen LogP contribution in [-0.4, -0.2) is 70.7 Å². The second-order valence-electron chi connectivity index (χ2n) is 18.8. The number of nitrogens with zero attached hydrogens (tertiary/aromatic N) is 1. The van der Waals surface area contributed by atoms with Crippen molar-refractivity contribution in [3.05, 3.63) is 241 Å². The van der Waals surface area contributed by atoms with Crippen LogP contribution in [0.15, 0.2) is 218 Å². The maximum absolute atomic E-state index is 12.6. The monoisotopic (exact) mass is 1040 g/mol. The van der Waals surface area contributed by atoms with Crippen LogP contribution in [0.1, 0.15) is 35.1 Å². The Hall–Kier alpha value is -7.95. The second-order valence-corrected chi connectivity index (χ2v) is 23.4. The largest absolute Gasteiger partial charge is 0.554 e. The molecule has 0 radical (unpaired) electrons. The van der Waals surface area contributed by atoms with Gasteiger partial charge < -0.3 is 33.6 Å². The molecule has 0 unspecified atom stereocenters. The van der Waals surface area contributed by atoms with E-state index < -0.39 is 13.3 Å². The van der Waals surface area contributed by atoms with E-state index in [1.807, 2.05) is 158 Å². The number of quaternary nitrogens is 1. The van der Waals surface area contributed by atoms with Crippen LogP contribution in [0, 0.1) is 0 Å². The Bertz CT molecular complexity index is 2770. The Morgan fingerprint density at radius 3 is 1.32 bits per heavy atom. The Kier molecular flexibility index (Phi) is 21.0. The zero-order valence-corrected chi connectivity index (χ0v) is 44.3. The van der Waals surface area contributed by atoms with Crippen molar-refractivity contribution in [3.63, 3.8) is 0 Å². The summed E-state index contributed by atoms with van der Waals surface area (Å²) < 4.78 is 45.4. The molecule has 12 heteroatoms. The number of unbranched alkanes of at least 4 members (excludes halogenated alkanes) is 1. The molecule has 0 saturated carbocycles. The molecule has 0 spiro atoms. The van der Waals surface area contributed by atoms with Crippen LogP contribution < -0.4 is 44.7 Å². The SMILES string of the molecule is C[N+](C)(CCOCCOc1cc(OCc2ccccc2)c(OCc2ccccc2)c(OCc2ccccc2)c1)Cc1ccc(OCCCCP(OC=O)(c2ccccc2)(c2ccccc2)c2ccccc2)cc1.O=C[O-]. The van der Waals surface area contributed by atoms with E-state index in [1.165, 1.54) is 5.56 Å². The Morgan fingerprint density at radius 1 is 0.447 bits per heavy atom. The summed E-state index contributed by atoms with van der Waals surface area (Å²) in [5, 5.41) is 11.3. The summed E-state index contributed by atoms with van der Waals surface area (Å²) >= 11 is 0. The van der Waals surface area contributed by atoms with E-state index in [4.69, 9.17) is 42.8 Å². The minimum Gasteiger partial charge on any atom is -0.554 e. The van der Waals surface area contributed by atoms with Crippen molar-refractivity contribution in [2.75, 3.05) is 53.2 Å². The average molecular weight is 1040 g/mol. The average Bonchev–Trinajstić information content (AvgIpc) is 3.56. The molecule has 0 bridgehead atoms. The molecule has 11 nitrogen and oxygen atoms in total. The molecule has 0 N–H and O–H groups in total. The molecule has 8 rings (SSSR count). The molecule has 0 aliphatic carbocycles. The van der Waals surface area contributed by atoms with Crippen molar-refractivity contribution in [1.29, 1.82) is 0 Å². The Morgan fingerprint density at radius 2 is 0.868 bits per heavy atom. The van der Waals surface area contributed by atoms with Crippen LogP contribution >= 0.6 is 6.83 Å². The van der Waals surface area contributed by atoms with Gasteiger partial charge in [-0.25, -0.2) is 0 Å². The van der Waals surface area contributed by atoms with Crippen molar-refractivity contribution in [1.82, 2.24) is 0 Å². The number of rotatable bonds is 29. The summed E-state index contributed by atoms with van der Waals surface area (Å²) in [6.07, 6.45) is 2.23. The molecule has 0 amide bonds. The minimum atomic E-state index is -3.68. The van der Waals surface area contributed by atoms with Gasteiger partial charge in [0.2, 0.25) is 5.75 Å². The van der Waals surface area contributed by atoms with Crippen molar-refractivity contribution in [2.24, 2.45) is 0 Å². The molecule has 394 valence electrons. The van der Waals surface area contributed by atoms with Gasteiger partial charge >= 0.3 is 227 Å². The number of ether oxygens (including phenoxy) is 6. The molecule has 0 heterocycles. The van der Waals surface area contributed by atoms with Crippen molar-refractivity contribution in [3.8, 4) is 28.7 Å². The van der Waals surface area contributed by atoms with Gasteiger partial charge in [0.15, 0.2) is 11.5 Å². The predicted molar refractivity (Wildman–Crippen MR) is 300 cm³/mol. The number of carbonyl (C=O) groups excluding carboxylic acids is 2. The van der Waals surface area contributed by atoms with Gasteiger partial charge in [-0.2, -0.15) is 0 Å². The molecule has 0 fully saturated rings. The van der Waals surface area contributed by atoms with Crippen LogP contribution in [-0.2, 0) is 45.2 Å². The molecular weight excluding hydrogens is 974 g/mol. The fourth-order valence-corrected chi connectivity index (χ4v) is 14.8. The summed E-state index contributed by atoms with van der Waals surface area (Å²) in [5.41, 5.74) is 4.31. The third kappa shape index (κ3) is 15.3. The Balaban J connectivity index is 0.00000274. The van der Waals surface area contributed by atoms with Gasteiger partial charge in [0.25, 0.3) is 0 Å². The van der Waals surface area contributed by atoms with Gasteiger partial charge in [0, 0.05) is 18.6 Å². The topological polar surface area (TPSA) is 122 Å². The normalized spacial score (nSPS) is 11.6. The van der Waals surface area contributed by atoms with E-state index in [2.05, 4.69) is 74.8 Å². The van der Waals surface area contributed by atoms with Crippen LogP contribution in [0.2, 0.25) is 0 Å². The van der Waals surface area contributed by atoms with E-state index in [0.29, 0.717) is 81.9 Å². The number of hydrogen-bond acceptors (Lipinski definition) is 10.